The van der Waals surface area contributed by atoms with E-state index in [9.17, 15) is 13.2 Å². The molecule has 0 spiro atoms. The predicted octanol–water partition coefficient (Wildman–Crippen LogP) is 2.90. The van der Waals surface area contributed by atoms with Crippen LogP contribution in [0.5, 0.6) is 0 Å². The maximum atomic E-state index is 12.1. The summed E-state index contributed by atoms with van der Waals surface area (Å²) in [6.07, 6.45) is -2.28. The van der Waals surface area contributed by atoms with Crippen LogP contribution in [-0.2, 0) is 4.74 Å². The van der Waals surface area contributed by atoms with Crippen LogP contribution in [0.15, 0.2) is 0 Å². The molecule has 1 rings (SSSR count). The molecule has 1 aliphatic heterocycles. The Morgan fingerprint density at radius 3 is 2.33 bits per heavy atom. The summed E-state index contributed by atoms with van der Waals surface area (Å²) in [7, 11) is 0. The highest BCUT2D eigenvalue weighted by Crippen LogP contribution is 2.28. The van der Waals surface area contributed by atoms with Gasteiger partial charge < -0.3 is 4.74 Å². The molecule has 1 atom stereocenters. The molecule has 0 aromatic carbocycles. The first-order chi connectivity index (χ1) is 5.61. The van der Waals surface area contributed by atoms with Gasteiger partial charge in [-0.3, -0.25) is 0 Å². The molecule has 12 heavy (non-hydrogen) atoms. The molecule has 1 aliphatic rings. The van der Waals surface area contributed by atoms with E-state index >= 15 is 0 Å². The fourth-order valence-electron chi connectivity index (χ4n) is 1.35. The Morgan fingerprint density at radius 2 is 1.67 bits per heavy atom. The standard InChI is InChI=1S/C8H13F3O/c9-8(10,11)7-5-3-1-2-4-6-12-7/h7H,1-6H2. The Balaban J connectivity index is 2.40. The molecule has 72 valence electrons. The minimum Gasteiger partial charge on any atom is -0.369 e. The summed E-state index contributed by atoms with van der Waals surface area (Å²) in [5.74, 6) is 0. The van der Waals surface area contributed by atoms with Gasteiger partial charge in [-0.15, -0.1) is 0 Å². The van der Waals surface area contributed by atoms with Gasteiger partial charge in [-0.25, -0.2) is 0 Å². The first kappa shape index (κ1) is 9.84. The molecule has 1 unspecified atom stereocenters. The van der Waals surface area contributed by atoms with E-state index < -0.39 is 12.3 Å². The molecule has 1 saturated heterocycles. The van der Waals surface area contributed by atoms with E-state index in [1.807, 2.05) is 0 Å². The number of rotatable bonds is 0. The van der Waals surface area contributed by atoms with E-state index in [0.29, 0.717) is 6.42 Å². The maximum Gasteiger partial charge on any atom is 0.414 e. The summed E-state index contributed by atoms with van der Waals surface area (Å²) in [4.78, 5) is 0. The summed E-state index contributed by atoms with van der Waals surface area (Å²) in [5.41, 5.74) is 0. The van der Waals surface area contributed by atoms with Crippen LogP contribution in [-0.4, -0.2) is 18.9 Å². The zero-order valence-electron chi connectivity index (χ0n) is 6.86. The molecule has 0 aliphatic carbocycles. The summed E-state index contributed by atoms with van der Waals surface area (Å²) in [5, 5.41) is 0. The predicted molar refractivity (Wildman–Crippen MR) is 38.9 cm³/mol. The molecule has 0 N–H and O–H groups in total. The zero-order valence-corrected chi connectivity index (χ0v) is 6.86. The van der Waals surface area contributed by atoms with Gasteiger partial charge in [0.1, 0.15) is 0 Å². The first-order valence-corrected chi connectivity index (χ1v) is 4.29. The average molecular weight is 182 g/mol. The van der Waals surface area contributed by atoms with Crippen molar-refractivity contribution < 1.29 is 17.9 Å². The van der Waals surface area contributed by atoms with Crippen molar-refractivity contribution in [1.82, 2.24) is 0 Å². The van der Waals surface area contributed by atoms with Crippen molar-refractivity contribution >= 4 is 0 Å². The van der Waals surface area contributed by atoms with Gasteiger partial charge in [-0.1, -0.05) is 19.3 Å². The van der Waals surface area contributed by atoms with Crippen molar-refractivity contribution in [2.45, 2.75) is 44.4 Å². The number of hydrogen-bond acceptors (Lipinski definition) is 1. The Morgan fingerprint density at radius 1 is 1.00 bits per heavy atom. The lowest BCUT2D eigenvalue weighted by molar-refractivity contribution is -0.224. The molecule has 0 aromatic heterocycles. The van der Waals surface area contributed by atoms with Crippen LogP contribution >= 0.6 is 0 Å². The summed E-state index contributed by atoms with van der Waals surface area (Å²) in [6, 6.07) is 0. The van der Waals surface area contributed by atoms with Gasteiger partial charge in [0, 0.05) is 6.61 Å². The minimum atomic E-state index is -4.17. The highest BCUT2D eigenvalue weighted by molar-refractivity contribution is 4.69. The van der Waals surface area contributed by atoms with Gasteiger partial charge in [0.25, 0.3) is 0 Å². The fraction of sp³-hybridized carbons (Fsp3) is 1.00. The third-order valence-electron chi connectivity index (χ3n) is 2.04. The molecule has 0 saturated carbocycles. The summed E-state index contributed by atoms with van der Waals surface area (Å²) in [6.45, 7) is 0.254. The molecular weight excluding hydrogens is 169 g/mol. The van der Waals surface area contributed by atoms with E-state index in [4.69, 9.17) is 4.74 Å². The van der Waals surface area contributed by atoms with Crippen molar-refractivity contribution in [3.63, 3.8) is 0 Å². The highest BCUT2D eigenvalue weighted by atomic mass is 19.4. The van der Waals surface area contributed by atoms with Gasteiger partial charge in [0.15, 0.2) is 6.10 Å². The Bertz CT molecular complexity index is 125. The van der Waals surface area contributed by atoms with E-state index in [1.165, 1.54) is 0 Å². The largest absolute Gasteiger partial charge is 0.414 e. The lowest BCUT2D eigenvalue weighted by Crippen LogP contribution is -2.32. The van der Waals surface area contributed by atoms with Crippen LogP contribution < -0.4 is 0 Å². The van der Waals surface area contributed by atoms with E-state index in [-0.39, 0.29) is 13.0 Å². The molecule has 0 radical (unpaired) electrons. The lowest BCUT2D eigenvalue weighted by atomic mass is 10.1. The highest BCUT2D eigenvalue weighted by Gasteiger charge is 2.40. The third kappa shape index (κ3) is 3.01. The SMILES string of the molecule is FC(F)(F)C1CCCCCCO1. The Hall–Kier alpha value is -0.250. The fourth-order valence-corrected chi connectivity index (χ4v) is 1.35. The molecule has 0 bridgehead atoms. The van der Waals surface area contributed by atoms with E-state index in [0.717, 1.165) is 19.3 Å². The second-order valence-corrected chi connectivity index (χ2v) is 3.10. The molecule has 1 nitrogen and oxygen atoms in total. The van der Waals surface area contributed by atoms with Gasteiger partial charge in [0.05, 0.1) is 0 Å². The van der Waals surface area contributed by atoms with Gasteiger partial charge in [-0.2, -0.15) is 13.2 Å². The second-order valence-electron chi connectivity index (χ2n) is 3.10. The van der Waals surface area contributed by atoms with Crippen LogP contribution in [0.3, 0.4) is 0 Å². The molecule has 1 heterocycles. The first-order valence-electron chi connectivity index (χ1n) is 4.29. The second kappa shape index (κ2) is 4.12. The van der Waals surface area contributed by atoms with Crippen LogP contribution in [0.1, 0.15) is 32.1 Å². The van der Waals surface area contributed by atoms with Crippen LogP contribution in [0.25, 0.3) is 0 Å². The zero-order chi connectivity index (χ0) is 9.03. The van der Waals surface area contributed by atoms with E-state index in [2.05, 4.69) is 0 Å². The van der Waals surface area contributed by atoms with Crippen LogP contribution in [0.2, 0.25) is 0 Å². The van der Waals surface area contributed by atoms with Crippen molar-refractivity contribution in [2.75, 3.05) is 6.61 Å². The molecule has 0 aromatic rings. The van der Waals surface area contributed by atoms with Gasteiger partial charge >= 0.3 is 6.18 Å². The Labute approximate surface area is 69.9 Å². The summed E-state index contributed by atoms with van der Waals surface area (Å²) < 4.78 is 41.1. The Kier molecular flexibility index (Phi) is 3.38. The monoisotopic (exact) mass is 182 g/mol. The smallest absolute Gasteiger partial charge is 0.369 e. The lowest BCUT2D eigenvalue weighted by Gasteiger charge is -2.22. The normalized spacial score (nSPS) is 27.8. The average Bonchev–Trinajstić information content (AvgIpc) is 1.81. The quantitative estimate of drug-likeness (QED) is 0.559. The summed E-state index contributed by atoms with van der Waals surface area (Å²) >= 11 is 0. The van der Waals surface area contributed by atoms with Crippen LogP contribution in [0, 0.1) is 0 Å². The molecule has 1 fully saturated rings. The maximum absolute atomic E-state index is 12.1. The van der Waals surface area contributed by atoms with Crippen LogP contribution in [0.4, 0.5) is 13.2 Å². The van der Waals surface area contributed by atoms with Crippen molar-refractivity contribution in [2.24, 2.45) is 0 Å². The molecule has 0 amide bonds. The number of alkyl halides is 3. The number of ether oxygens (including phenoxy) is 1. The topological polar surface area (TPSA) is 9.23 Å². The van der Waals surface area contributed by atoms with Gasteiger partial charge in [0.2, 0.25) is 0 Å². The third-order valence-corrected chi connectivity index (χ3v) is 2.04. The van der Waals surface area contributed by atoms with Gasteiger partial charge in [-0.05, 0) is 12.8 Å². The molecular formula is C8H13F3O. The number of hydrogen-bond donors (Lipinski definition) is 0. The minimum absolute atomic E-state index is 0.128. The molecule has 4 heteroatoms. The van der Waals surface area contributed by atoms with Crippen molar-refractivity contribution in [3.05, 3.63) is 0 Å². The van der Waals surface area contributed by atoms with Crippen molar-refractivity contribution in [3.8, 4) is 0 Å². The van der Waals surface area contributed by atoms with E-state index in [1.54, 1.807) is 0 Å². The van der Waals surface area contributed by atoms with Crippen molar-refractivity contribution in [1.29, 1.82) is 0 Å². The number of halogens is 3.